The van der Waals surface area contributed by atoms with E-state index in [-0.39, 0.29) is 5.91 Å². The molecule has 0 aliphatic carbocycles. The highest BCUT2D eigenvalue weighted by molar-refractivity contribution is 5.94. The summed E-state index contributed by atoms with van der Waals surface area (Å²) in [5.41, 5.74) is 4.35. The molecule has 0 atom stereocenters. The molecule has 6 heteroatoms. The van der Waals surface area contributed by atoms with Gasteiger partial charge >= 0.3 is 5.97 Å². The Kier molecular flexibility index (Phi) is 11.6. The third-order valence-electron chi connectivity index (χ3n) is 2.76. The number of hydrogen-bond donors (Lipinski definition) is 3. The van der Waals surface area contributed by atoms with Crippen LogP contribution in [0.2, 0.25) is 0 Å². The van der Waals surface area contributed by atoms with Crippen molar-refractivity contribution in [2.24, 2.45) is 0 Å². The molecule has 0 aromatic rings. The van der Waals surface area contributed by atoms with Crippen LogP contribution in [0.15, 0.2) is 24.8 Å². The minimum Gasteiger partial charge on any atom is -0.478 e. The van der Waals surface area contributed by atoms with Gasteiger partial charge in [-0.3, -0.25) is 20.4 Å². The van der Waals surface area contributed by atoms with Crippen molar-refractivity contribution in [3.8, 4) is 0 Å². The summed E-state index contributed by atoms with van der Waals surface area (Å²) in [7, 11) is 0. The zero-order chi connectivity index (χ0) is 15.9. The largest absolute Gasteiger partial charge is 0.478 e. The summed E-state index contributed by atoms with van der Waals surface area (Å²) in [5.74, 6) is -2.17. The lowest BCUT2D eigenvalue weighted by Crippen LogP contribution is -2.40. The standard InChI is InChI=1S/C15H24N2O4/c1-2-3-4-5-6-7-8-9-10-13(18)16-17-14(19)11-12-15(20)21/h2,11-12H,1,3-10H2,(H,16,18)(H,17,19)(H,20,21)/b12-11-. The van der Waals surface area contributed by atoms with Crippen LogP contribution < -0.4 is 10.9 Å². The van der Waals surface area contributed by atoms with Gasteiger partial charge in [0.1, 0.15) is 0 Å². The molecule has 0 radical (unpaired) electrons. The minimum absolute atomic E-state index is 0.279. The van der Waals surface area contributed by atoms with Gasteiger partial charge in [-0.2, -0.15) is 0 Å². The molecule has 118 valence electrons. The van der Waals surface area contributed by atoms with E-state index >= 15 is 0 Å². The Morgan fingerprint density at radius 1 is 0.905 bits per heavy atom. The van der Waals surface area contributed by atoms with Crippen LogP contribution in [0.5, 0.6) is 0 Å². The Balaban J connectivity index is 3.48. The van der Waals surface area contributed by atoms with Crippen LogP contribution in [0.1, 0.15) is 51.4 Å². The van der Waals surface area contributed by atoms with Gasteiger partial charge in [-0.25, -0.2) is 4.79 Å². The van der Waals surface area contributed by atoms with Crippen LogP contribution >= 0.6 is 0 Å². The third-order valence-corrected chi connectivity index (χ3v) is 2.76. The van der Waals surface area contributed by atoms with Crippen molar-refractivity contribution in [1.82, 2.24) is 10.9 Å². The van der Waals surface area contributed by atoms with Crippen molar-refractivity contribution < 1.29 is 19.5 Å². The lowest BCUT2D eigenvalue weighted by molar-refractivity contribution is -0.131. The first-order chi connectivity index (χ1) is 10.1. The van der Waals surface area contributed by atoms with Crippen LogP contribution in [0.3, 0.4) is 0 Å². The first-order valence-corrected chi connectivity index (χ1v) is 7.17. The zero-order valence-electron chi connectivity index (χ0n) is 12.3. The number of unbranched alkanes of at least 4 members (excludes halogenated alkanes) is 6. The maximum absolute atomic E-state index is 11.4. The summed E-state index contributed by atoms with van der Waals surface area (Å²) in [6.07, 6.45) is 11.2. The van der Waals surface area contributed by atoms with Crippen LogP contribution in [0.25, 0.3) is 0 Å². The normalized spacial score (nSPS) is 10.3. The van der Waals surface area contributed by atoms with Crippen LogP contribution in [0.4, 0.5) is 0 Å². The highest BCUT2D eigenvalue weighted by Gasteiger charge is 2.02. The number of hydrogen-bond acceptors (Lipinski definition) is 3. The van der Waals surface area contributed by atoms with Gasteiger partial charge in [0.05, 0.1) is 0 Å². The molecule has 0 spiro atoms. The van der Waals surface area contributed by atoms with Crippen molar-refractivity contribution in [3.05, 3.63) is 24.8 Å². The molecule has 0 saturated carbocycles. The molecule has 0 saturated heterocycles. The van der Waals surface area contributed by atoms with E-state index in [2.05, 4.69) is 17.4 Å². The quantitative estimate of drug-likeness (QED) is 0.235. The average Bonchev–Trinajstić information content (AvgIpc) is 2.45. The van der Waals surface area contributed by atoms with Gasteiger partial charge in [0.2, 0.25) is 5.91 Å². The number of carbonyl (C=O) groups excluding carboxylic acids is 2. The number of aliphatic carboxylic acids is 1. The van der Waals surface area contributed by atoms with Gasteiger partial charge < -0.3 is 5.11 Å². The number of carbonyl (C=O) groups is 3. The molecule has 0 rings (SSSR count). The average molecular weight is 296 g/mol. The Hall–Kier alpha value is -2.11. The van der Waals surface area contributed by atoms with Gasteiger partial charge in [0.15, 0.2) is 0 Å². The summed E-state index contributed by atoms with van der Waals surface area (Å²) < 4.78 is 0. The molecule has 2 amide bonds. The lowest BCUT2D eigenvalue weighted by Gasteiger charge is -2.05. The minimum atomic E-state index is -1.22. The molecule has 3 N–H and O–H groups in total. The molecule has 6 nitrogen and oxygen atoms in total. The van der Waals surface area contributed by atoms with E-state index in [1.807, 2.05) is 6.08 Å². The van der Waals surface area contributed by atoms with Crippen LogP contribution in [-0.4, -0.2) is 22.9 Å². The highest BCUT2D eigenvalue weighted by Crippen LogP contribution is 2.08. The second-order valence-electron chi connectivity index (χ2n) is 4.66. The number of carboxylic acids is 1. The number of nitrogens with one attached hydrogen (secondary N) is 2. The summed E-state index contributed by atoms with van der Waals surface area (Å²) in [6, 6.07) is 0. The fraction of sp³-hybridized carbons (Fsp3) is 0.533. The molecule has 0 fully saturated rings. The predicted octanol–water partition coefficient (Wildman–Crippen LogP) is 2.08. The Morgan fingerprint density at radius 3 is 2.14 bits per heavy atom. The van der Waals surface area contributed by atoms with Gasteiger partial charge in [0.25, 0.3) is 5.91 Å². The smallest absolute Gasteiger partial charge is 0.328 e. The second kappa shape index (κ2) is 12.9. The van der Waals surface area contributed by atoms with Crippen LogP contribution in [0, 0.1) is 0 Å². The van der Waals surface area contributed by atoms with Gasteiger partial charge in [0, 0.05) is 18.6 Å². The predicted molar refractivity (Wildman–Crippen MR) is 80.2 cm³/mol. The fourth-order valence-electron chi connectivity index (χ4n) is 1.66. The molecule has 0 aliphatic rings. The van der Waals surface area contributed by atoms with Crippen molar-refractivity contribution >= 4 is 17.8 Å². The van der Waals surface area contributed by atoms with Crippen molar-refractivity contribution in [2.45, 2.75) is 51.4 Å². The number of allylic oxidation sites excluding steroid dienone is 1. The molecule has 0 unspecified atom stereocenters. The second-order valence-corrected chi connectivity index (χ2v) is 4.66. The maximum atomic E-state index is 11.4. The summed E-state index contributed by atoms with van der Waals surface area (Å²) in [4.78, 5) is 32.6. The zero-order valence-corrected chi connectivity index (χ0v) is 12.3. The van der Waals surface area contributed by atoms with Crippen molar-refractivity contribution in [3.63, 3.8) is 0 Å². The summed E-state index contributed by atoms with van der Waals surface area (Å²) in [5, 5.41) is 8.32. The molecule has 0 aromatic heterocycles. The Bertz CT molecular complexity index is 378. The van der Waals surface area contributed by atoms with E-state index in [0.717, 1.165) is 38.2 Å². The monoisotopic (exact) mass is 296 g/mol. The van der Waals surface area contributed by atoms with E-state index in [1.54, 1.807) is 0 Å². The van der Waals surface area contributed by atoms with Gasteiger partial charge in [-0.1, -0.05) is 31.8 Å². The topological polar surface area (TPSA) is 95.5 Å². The van der Waals surface area contributed by atoms with E-state index in [0.29, 0.717) is 12.5 Å². The first-order valence-electron chi connectivity index (χ1n) is 7.17. The third kappa shape index (κ3) is 14.1. The summed E-state index contributed by atoms with van der Waals surface area (Å²) >= 11 is 0. The molecule has 0 aliphatic heterocycles. The molecule has 0 aromatic carbocycles. The maximum Gasteiger partial charge on any atom is 0.328 e. The lowest BCUT2D eigenvalue weighted by atomic mass is 10.1. The Labute approximate surface area is 125 Å². The fourth-order valence-corrected chi connectivity index (χ4v) is 1.66. The number of amides is 2. The van der Waals surface area contributed by atoms with E-state index in [1.165, 1.54) is 12.8 Å². The SMILES string of the molecule is C=CCCCCCCCCC(=O)NNC(=O)/C=C\C(=O)O. The molecule has 0 bridgehead atoms. The molecular formula is C15H24N2O4. The molecule has 21 heavy (non-hydrogen) atoms. The van der Waals surface area contributed by atoms with E-state index < -0.39 is 11.9 Å². The number of rotatable bonds is 11. The summed E-state index contributed by atoms with van der Waals surface area (Å²) in [6.45, 7) is 3.67. The van der Waals surface area contributed by atoms with E-state index in [9.17, 15) is 14.4 Å². The highest BCUT2D eigenvalue weighted by atomic mass is 16.4. The van der Waals surface area contributed by atoms with E-state index in [4.69, 9.17) is 5.11 Å². The van der Waals surface area contributed by atoms with Gasteiger partial charge in [-0.05, 0) is 19.3 Å². The number of hydrazine groups is 1. The number of carboxylic acid groups (broad SMARTS) is 1. The first kappa shape index (κ1) is 18.9. The van der Waals surface area contributed by atoms with Crippen molar-refractivity contribution in [1.29, 1.82) is 0 Å². The van der Waals surface area contributed by atoms with Crippen molar-refractivity contribution in [2.75, 3.05) is 0 Å². The Morgan fingerprint density at radius 2 is 1.52 bits per heavy atom. The molecule has 0 heterocycles. The van der Waals surface area contributed by atoms with Crippen LogP contribution in [-0.2, 0) is 14.4 Å². The van der Waals surface area contributed by atoms with Gasteiger partial charge in [-0.15, -0.1) is 6.58 Å². The molecular weight excluding hydrogens is 272 g/mol.